The van der Waals surface area contributed by atoms with Crippen LogP contribution < -0.4 is 0 Å². The first kappa shape index (κ1) is 11.1. The number of hydrazone groups is 1. The summed E-state index contributed by atoms with van der Waals surface area (Å²) >= 11 is 1.65. The average Bonchev–Trinajstić information content (AvgIpc) is 2.69. The molecule has 0 radical (unpaired) electrons. The van der Waals surface area contributed by atoms with Crippen molar-refractivity contribution in [3.63, 3.8) is 0 Å². The molecule has 0 N–H and O–H groups in total. The van der Waals surface area contributed by atoms with Crippen LogP contribution >= 0.6 is 11.3 Å². The molecule has 0 bridgehead atoms. The standard InChI is InChI=1S/C12H15N3S/c1-5-15-10(4)8(2)11(6-14-15)12-9(3)13-7-16-12/h6-7H,4-5H2,1-3H3. The highest BCUT2D eigenvalue weighted by molar-refractivity contribution is 7.11. The fourth-order valence-electron chi connectivity index (χ4n) is 1.70. The van der Waals surface area contributed by atoms with Gasteiger partial charge in [-0.1, -0.05) is 6.58 Å². The Kier molecular flexibility index (Phi) is 2.92. The van der Waals surface area contributed by atoms with E-state index < -0.39 is 0 Å². The van der Waals surface area contributed by atoms with Gasteiger partial charge in [0.05, 0.1) is 28.0 Å². The molecule has 1 aromatic rings. The Morgan fingerprint density at radius 1 is 1.44 bits per heavy atom. The van der Waals surface area contributed by atoms with Crippen molar-refractivity contribution in [2.75, 3.05) is 6.54 Å². The second-order valence-electron chi connectivity index (χ2n) is 3.71. The molecule has 0 saturated carbocycles. The molecule has 0 spiro atoms. The maximum absolute atomic E-state index is 4.39. The van der Waals surface area contributed by atoms with Gasteiger partial charge in [0, 0.05) is 12.1 Å². The number of aromatic nitrogens is 1. The molecule has 2 heterocycles. The quantitative estimate of drug-likeness (QED) is 0.785. The molecular weight excluding hydrogens is 218 g/mol. The van der Waals surface area contributed by atoms with Crippen molar-refractivity contribution < 1.29 is 0 Å². The van der Waals surface area contributed by atoms with Gasteiger partial charge >= 0.3 is 0 Å². The lowest BCUT2D eigenvalue weighted by Gasteiger charge is -2.25. The highest BCUT2D eigenvalue weighted by atomic mass is 32.1. The van der Waals surface area contributed by atoms with Crippen LogP contribution in [0.25, 0.3) is 5.57 Å². The molecule has 3 nitrogen and oxygen atoms in total. The van der Waals surface area contributed by atoms with Crippen LogP contribution in [0.3, 0.4) is 0 Å². The van der Waals surface area contributed by atoms with E-state index in [4.69, 9.17) is 0 Å². The van der Waals surface area contributed by atoms with Gasteiger partial charge in [-0.3, -0.25) is 5.01 Å². The van der Waals surface area contributed by atoms with E-state index in [9.17, 15) is 0 Å². The van der Waals surface area contributed by atoms with E-state index in [2.05, 4.69) is 30.5 Å². The first-order chi connectivity index (χ1) is 7.65. The van der Waals surface area contributed by atoms with Gasteiger partial charge in [0.1, 0.15) is 0 Å². The van der Waals surface area contributed by atoms with E-state index >= 15 is 0 Å². The highest BCUT2D eigenvalue weighted by Crippen LogP contribution is 2.30. The fourth-order valence-corrected chi connectivity index (χ4v) is 2.58. The molecule has 1 aromatic heterocycles. The molecular formula is C12H15N3S. The van der Waals surface area contributed by atoms with E-state index in [1.54, 1.807) is 11.3 Å². The van der Waals surface area contributed by atoms with Crippen LogP contribution in [-0.4, -0.2) is 22.8 Å². The smallest absolute Gasteiger partial charge is 0.0801 e. The van der Waals surface area contributed by atoms with Crippen molar-refractivity contribution in [1.82, 2.24) is 9.99 Å². The third-order valence-electron chi connectivity index (χ3n) is 2.76. The van der Waals surface area contributed by atoms with Crippen molar-refractivity contribution >= 4 is 23.1 Å². The molecule has 0 aromatic carbocycles. The van der Waals surface area contributed by atoms with E-state index in [0.717, 1.165) is 23.5 Å². The second-order valence-corrected chi connectivity index (χ2v) is 4.57. The van der Waals surface area contributed by atoms with Gasteiger partial charge in [0.15, 0.2) is 0 Å². The lowest BCUT2D eigenvalue weighted by atomic mass is 10.0. The van der Waals surface area contributed by atoms with Crippen LogP contribution in [0.5, 0.6) is 0 Å². The SMILES string of the molecule is C=C1C(C)=C(c2scnc2C)C=NN1CC. The van der Waals surface area contributed by atoms with Crippen molar-refractivity contribution in [3.05, 3.63) is 33.9 Å². The minimum absolute atomic E-state index is 0.849. The molecule has 0 atom stereocenters. The van der Waals surface area contributed by atoms with Crippen LogP contribution in [0.15, 0.2) is 28.5 Å². The fraction of sp³-hybridized carbons (Fsp3) is 0.333. The minimum atomic E-state index is 0.849. The average molecular weight is 233 g/mol. The van der Waals surface area contributed by atoms with Gasteiger partial charge in [-0.15, -0.1) is 11.3 Å². The Morgan fingerprint density at radius 2 is 2.19 bits per heavy atom. The summed E-state index contributed by atoms with van der Waals surface area (Å²) in [4.78, 5) is 5.46. The molecule has 1 aliphatic rings. The van der Waals surface area contributed by atoms with Crippen LogP contribution in [-0.2, 0) is 0 Å². The number of allylic oxidation sites excluding steroid dienone is 2. The zero-order chi connectivity index (χ0) is 11.7. The normalized spacial score (nSPS) is 16.2. The Labute approximate surface area is 99.8 Å². The van der Waals surface area contributed by atoms with Crippen molar-refractivity contribution in [2.45, 2.75) is 20.8 Å². The molecule has 0 saturated heterocycles. The molecule has 0 fully saturated rings. The summed E-state index contributed by atoms with van der Waals surface area (Å²) in [5.41, 5.74) is 6.24. The second kappa shape index (κ2) is 4.22. The molecule has 4 heteroatoms. The Balaban J connectivity index is 2.45. The zero-order valence-electron chi connectivity index (χ0n) is 9.82. The Bertz CT molecular complexity index is 482. The van der Waals surface area contributed by atoms with Crippen LogP contribution in [0.2, 0.25) is 0 Å². The van der Waals surface area contributed by atoms with E-state index in [1.165, 1.54) is 10.5 Å². The first-order valence-corrected chi connectivity index (χ1v) is 6.15. The molecule has 0 unspecified atom stereocenters. The number of thiazole rings is 1. The van der Waals surface area contributed by atoms with Crippen LogP contribution in [0, 0.1) is 6.92 Å². The molecule has 2 rings (SSSR count). The predicted octanol–water partition coefficient (Wildman–Crippen LogP) is 3.06. The summed E-state index contributed by atoms with van der Waals surface area (Å²) in [5.74, 6) is 0. The number of likely N-dealkylation sites (N-methyl/N-ethyl adjacent to an activating group) is 1. The van der Waals surface area contributed by atoms with Gasteiger partial charge in [0.2, 0.25) is 0 Å². The number of aryl methyl sites for hydroxylation is 1. The molecule has 0 aliphatic carbocycles. The van der Waals surface area contributed by atoms with Gasteiger partial charge in [-0.2, -0.15) is 5.10 Å². The van der Waals surface area contributed by atoms with E-state index in [-0.39, 0.29) is 0 Å². The van der Waals surface area contributed by atoms with Gasteiger partial charge < -0.3 is 0 Å². The lowest BCUT2D eigenvalue weighted by Crippen LogP contribution is -2.20. The molecule has 1 aliphatic heterocycles. The van der Waals surface area contributed by atoms with Crippen molar-refractivity contribution in [3.8, 4) is 0 Å². The highest BCUT2D eigenvalue weighted by Gasteiger charge is 2.18. The third-order valence-corrected chi connectivity index (χ3v) is 3.73. The number of nitrogens with zero attached hydrogens (tertiary/aromatic N) is 3. The topological polar surface area (TPSA) is 28.5 Å². The van der Waals surface area contributed by atoms with Gasteiger partial charge in [0.25, 0.3) is 0 Å². The molecule has 0 amide bonds. The van der Waals surface area contributed by atoms with Crippen molar-refractivity contribution in [2.24, 2.45) is 5.10 Å². The van der Waals surface area contributed by atoms with Crippen molar-refractivity contribution in [1.29, 1.82) is 0 Å². The Morgan fingerprint density at radius 3 is 2.75 bits per heavy atom. The third kappa shape index (κ3) is 1.69. The lowest BCUT2D eigenvalue weighted by molar-refractivity contribution is 0.393. The monoisotopic (exact) mass is 233 g/mol. The van der Waals surface area contributed by atoms with Gasteiger partial charge in [-0.05, 0) is 26.3 Å². The summed E-state index contributed by atoms with van der Waals surface area (Å²) in [6.45, 7) is 11.1. The largest absolute Gasteiger partial charge is 0.266 e. The van der Waals surface area contributed by atoms with Crippen LogP contribution in [0.1, 0.15) is 24.4 Å². The summed E-state index contributed by atoms with van der Waals surface area (Å²) in [6, 6.07) is 0. The predicted molar refractivity (Wildman–Crippen MR) is 69.5 cm³/mol. The Hall–Kier alpha value is -1.42. The van der Waals surface area contributed by atoms with E-state index in [0.29, 0.717) is 0 Å². The summed E-state index contributed by atoms with van der Waals surface area (Å²) in [6.07, 6.45) is 1.91. The maximum Gasteiger partial charge on any atom is 0.0801 e. The molecule has 16 heavy (non-hydrogen) atoms. The number of rotatable bonds is 2. The molecule has 84 valence electrons. The van der Waals surface area contributed by atoms with Gasteiger partial charge in [-0.25, -0.2) is 4.98 Å². The van der Waals surface area contributed by atoms with E-state index in [1.807, 2.05) is 23.7 Å². The zero-order valence-corrected chi connectivity index (χ0v) is 10.6. The summed E-state index contributed by atoms with van der Waals surface area (Å²) in [7, 11) is 0. The minimum Gasteiger partial charge on any atom is -0.266 e. The summed E-state index contributed by atoms with van der Waals surface area (Å²) in [5, 5.41) is 6.30. The number of hydrogen-bond acceptors (Lipinski definition) is 4. The van der Waals surface area contributed by atoms with Crippen LogP contribution in [0.4, 0.5) is 0 Å². The maximum atomic E-state index is 4.39. The number of hydrogen-bond donors (Lipinski definition) is 0. The summed E-state index contributed by atoms with van der Waals surface area (Å²) < 4.78 is 0. The first-order valence-electron chi connectivity index (χ1n) is 5.27.